The number of rotatable bonds is 1. The summed E-state index contributed by atoms with van der Waals surface area (Å²) in [5, 5.41) is 3.53. The molecule has 2 N–H and O–H groups in total. The lowest BCUT2D eigenvalue weighted by atomic mass is 10.1. The van der Waals surface area contributed by atoms with E-state index in [-0.39, 0.29) is 5.95 Å². The van der Waals surface area contributed by atoms with Crippen LogP contribution in [0, 0.1) is 20.8 Å². The van der Waals surface area contributed by atoms with Crippen molar-refractivity contribution in [2.45, 2.75) is 20.8 Å². The second-order valence-electron chi connectivity index (χ2n) is 3.17. The Labute approximate surface area is 80.9 Å². The molecule has 5 nitrogen and oxygen atoms in total. The molecule has 0 aliphatic rings. The van der Waals surface area contributed by atoms with Crippen LogP contribution >= 0.6 is 0 Å². The van der Waals surface area contributed by atoms with Crippen LogP contribution in [-0.2, 0) is 0 Å². The second-order valence-corrected chi connectivity index (χ2v) is 3.17. The van der Waals surface area contributed by atoms with Gasteiger partial charge in [0.15, 0.2) is 0 Å². The van der Waals surface area contributed by atoms with E-state index in [1.165, 1.54) is 0 Å². The van der Waals surface area contributed by atoms with E-state index in [9.17, 15) is 0 Å². The maximum atomic E-state index is 5.44. The summed E-state index contributed by atoms with van der Waals surface area (Å²) in [6.45, 7) is 5.70. The highest BCUT2D eigenvalue weighted by atomic mass is 16.5. The Hall–Kier alpha value is -1.78. The zero-order valence-electron chi connectivity index (χ0n) is 8.29. The zero-order chi connectivity index (χ0) is 10.3. The molecule has 2 aromatic heterocycles. The van der Waals surface area contributed by atoms with Gasteiger partial charge in [-0.05, 0) is 25.9 Å². The number of hydrogen-bond acceptors (Lipinski definition) is 5. The van der Waals surface area contributed by atoms with Gasteiger partial charge in [0.05, 0.1) is 5.56 Å². The van der Waals surface area contributed by atoms with E-state index in [4.69, 9.17) is 14.7 Å². The Morgan fingerprint density at radius 1 is 1.14 bits per heavy atom. The Balaban J connectivity index is 2.61. The second kappa shape index (κ2) is 2.87. The average molecular weight is 193 g/mol. The zero-order valence-corrected chi connectivity index (χ0v) is 8.29. The Morgan fingerprint density at radius 3 is 2.29 bits per heavy atom. The number of nitrogens with zero attached hydrogens (tertiary/aromatic N) is 2. The van der Waals surface area contributed by atoms with Crippen molar-refractivity contribution in [2.24, 2.45) is 0 Å². The molecule has 0 saturated heterocycles. The fourth-order valence-corrected chi connectivity index (χ4v) is 1.44. The van der Waals surface area contributed by atoms with Crippen LogP contribution in [0.3, 0.4) is 0 Å². The number of anilines is 1. The summed E-state index contributed by atoms with van der Waals surface area (Å²) in [4.78, 5) is 3.96. The van der Waals surface area contributed by atoms with Crippen molar-refractivity contribution in [1.82, 2.24) is 10.1 Å². The molecule has 5 heteroatoms. The van der Waals surface area contributed by atoms with Crippen LogP contribution in [0.4, 0.5) is 5.95 Å². The molecule has 0 amide bonds. The third kappa shape index (κ3) is 1.17. The van der Waals surface area contributed by atoms with Gasteiger partial charge in [-0.3, -0.25) is 0 Å². The molecule has 2 heterocycles. The van der Waals surface area contributed by atoms with Crippen molar-refractivity contribution in [3.8, 4) is 11.5 Å². The summed E-state index contributed by atoms with van der Waals surface area (Å²) < 4.78 is 10.4. The molecule has 0 spiro atoms. The lowest BCUT2D eigenvalue weighted by molar-refractivity contribution is 0.431. The quantitative estimate of drug-likeness (QED) is 0.747. The molecule has 2 aromatic rings. The minimum absolute atomic E-state index is 0.137. The van der Waals surface area contributed by atoms with Crippen molar-refractivity contribution in [1.29, 1.82) is 0 Å². The number of aryl methyl sites for hydroxylation is 2. The van der Waals surface area contributed by atoms with Crippen LogP contribution < -0.4 is 5.73 Å². The molecular formula is C9H11N3O2. The maximum absolute atomic E-state index is 5.44. The van der Waals surface area contributed by atoms with E-state index in [2.05, 4.69) is 10.1 Å². The monoisotopic (exact) mass is 193 g/mol. The number of hydrogen-bond donors (Lipinski definition) is 1. The van der Waals surface area contributed by atoms with E-state index in [0.717, 1.165) is 22.6 Å². The summed E-state index contributed by atoms with van der Waals surface area (Å²) in [6.07, 6.45) is 0. The molecule has 0 atom stereocenters. The molecule has 0 bridgehead atoms. The molecular weight excluding hydrogens is 182 g/mol. The molecule has 0 fully saturated rings. The van der Waals surface area contributed by atoms with Crippen LogP contribution in [0.5, 0.6) is 0 Å². The van der Waals surface area contributed by atoms with Crippen molar-refractivity contribution in [3.63, 3.8) is 0 Å². The molecule has 74 valence electrons. The molecule has 0 radical (unpaired) electrons. The molecule has 14 heavy (non-hydrogen) atoms. The van der Waals surface area contributed by atoms with Crippen molar-refractivity contribution in [2.75, 3.05) is 5.73 Å². The fourth-order valence-electron chi connectivity index (χ4n) is 1.44. The first-order chi connectivity index (χ1) is 6.59. The van der Waals surface area contributed by atoms with E-state index in [1.807, 2.05) is 20.8 Å². The summed E-state index contributed by atoms with van der Waals surface area (Å²) in [6, 6.07) is 0. The van der Waals surface area contributed by atoms with Gasteiger partial charge in [0.1, 0.15) is 11.5 Å². The minimum atomic E-state index is 0.137. The normalized spacial score (nSPS) is 10.8. The van der Waals surface area contributed by atoms with Crippen LogP contribution in [0.25, 0.3) is 11.5 Å². The molecule has 0 unspecified atom stereocenters. The van der Waals surface area contributed by atoms with Crippen molar-refractivity contribution >= 4 is 5.95 Å². The Kier molecular flexibility index (Phi) is 1.80. The predicted molar refractivity (Wildman–Crippen MR) is 50.6 cm³/mol. The van der Waals surface area contributed by atoms with Gasteiger partial charge in [0.2, 0.25) is 0 Å². The SMILES string of the molecule is Cc1oc(C)c(-c2nc(N)no2)c1C. The number of aromatic nitrogens is 2. The average Bonchev–Trinajstić information content (AvgIpc) is 2.60. The predicted octanol–water partition coefficient (Wildman–Crippen LogP) is 1.84. The van der Waals surface area contributed by atoms with E-state index < -0.39 is 0 Å². The van der Waals surface area contributed by atoms with E-state index >= 15 is 0 Å². The van der Waals surface area contributed by atoms with Gasteiger partial charge in [-0.25, -0.2) is 0 Å². The Morgan fingerprint density at radius 2 is 1.86 bits per heavy atom. The third-order valence-electron chi connectivity index (χ3n) is 2.22. The number of furan rings is 1. The van der Waals surface area contributed by atoms with Gasteiger partial charge in [0, 0.05) is 5.56 Å². The van der Waals surface area contributed by atoms with Crippen molar-refractivity contribution in [3.05, 3.63) is 17.1 Å². The minimum Gasteiger partial charge on any atom is -0.466 e. The first-order valence-corrected chi connectivity index (χ1v) is 4.25. The summed E-state index contributed by atoms with van der Waals surface area (Å²) >= 11 is 0. The molecule has 0 aliphatic carbocycles. The summed E-state index contributed by atoms with van der Waals surface area (Å²) in [7, 11) is 0. The van der Waals surface area contributed by atoms with Gasteiger partial charge >= 0.3 is 0 Å². The summed E-state index contributed by atoms with van der Waals surface area (Å²) in [5.74, 6) is 2.17. The first-order valence-electron chi connectivity index (χ1n) is 4.25. The third-order valence-corrected chi connectivity index (χ3v) is 2.22. The molecule has 0 saturated carbocycles. The van der Waals surface area contributed by atoms with Gasteiger partial charge in [-0.2, -0.15) is 4.98 Å². The van der Waals surface area contributed by atoms with Crippen molar-refractivity contribution < 1.29 is 8.94 Å². The molecule has 2 rings (SSSR count). The fraction of sp³-hybridized carbons (Fsp3) is 0.333. The van der Waals surface area contributed by atoms with Gasteiger partial charge in [-0.1, -0.05) is 0 Å². The lowest BCUT2D eigenvalue weighted by Crippen LogP contribution is -1.86. The van der Waals surface area contributed by atoms with Gasteiger partial charge < -0.3 is 14.7 Å². The lowest BCUT2D eigenvalue weighted by Gasteiger charge is -1.91. The van der Waals surface area contributed by atoms with E-state index in [0.29, 0.717) is 5.89 Å². The summed E-state index contributed by atoms with van der Waals surface area (Å²) in [5.41, 5.74) is 7.22. The van der Waals surface area contributed by atoms with Gasteiger partial charge in [0.25, 0.3) is 11.8 Å². The highest BCUT2D eigenvalue weighted by Crippen LogP contribution is 2.30. The number of nitrogens with two attached hydrogens (primary N) is 1. The van der Waals surface area contributed by atoms with Crippen LogP contribution in [0.15, 0.2) is 8.94 Å². The number of nitrogen functional groups attached to an aromatic ring is 1. The largest absolute Gasteiger partial charge is 0.466 e. The Bertz CT molecular complexity index is 470. The first kappa shape index (κ1) is 8.80. The highest BCUT2D eigenvalue weighted by molar-refractivity contribution is 5.62. The molecule has 0 aromatic carbocycles. The molecule has 0 aliphatic heterocycles. The van der Waals surface area contributed by atoms with Gasteiger partial charge in [-0.15, -0.1) is 0 Å². The smallest absolute Gasteiger partial charge is 0.263 e. The van der Waals surface area contributed by atoms with Crippen LogP contribution in [0.1, 0.15) is 17.1 Å². The highest BCUT2D eigenvalue weighted by Gasteiger charge is 2.18. The van der Waals surface area contributed by atoms with Crippen LogP contribution in [-0.4, -0.2) is 10.1 Å². The maximum Gasteiger partial charge on any atom is 0.263 e. The van der Waals surface area contributed by atoms with Crippen LogP contribution in [0.2, 0.25) is 0 Å². The van der Waals surface area contributed by atoms with E-state index in [1.54, 1.807) is 0 Å². The topological polar surface area (TPSA) is 78.1 Å². The standard InChI is InChI=1S/C9H11N3O2/c1-4-5(2)13-6(3)7(4)8-11-9(10)12-14-8/h1-3H3,(H2,10,12).